The average Bonchev–Trinajstić information content (AvgIpc) is 3.30. The van der Waals surface area contributed by atoms with Gasteiger partial charge in [0.2, 0.25) is 11.2 Å². The number of nitrogens with one attached hydrogen (secondary N) is 1. The molecule has 0 bridgehead atoms. The Kier molecular flexibility index (Phi) is 24.0. The number of ether oxygens (including phenoxy) is 3. The molecule has 0 unspecified atom stereocenters. The molecular weight excluding hydrogens is 624 g/mol. The van der Waals surface area contributed by atoms with Crippen LogP contribution in [0.3, 0.4) is 0 Å². The first-order chi connectivity index (χ1) is 24.5. The largest absolute Gasteiger partial charge is 0.490 e. The Balaban J connectivity index is 2.21. The summed E-state index contributed by atoms with van der Waals surface area (Å²) in [5.41, 5.74) is 0.373. The summed E-state index contributed by atoms with van der Waals surface area (Å²) in [6.45, 7) is 8.26. The molecule has 0 saturated carbocycles. The fraction of sp³-hybridized carbons (Fsp3) is 0.651. The van der Waals surface area contributed by atoms with Gasteiger partial charge in [0.25, 0.3) is 5.91 Å². The van der Waals surface area contributed by atoms with Crippen LogP contribution in [-0.4, -0.2) is 25.7 Å². The standard InChI is InChI=1S/C43H66N2O5/c1-4-7-10-13-16-17-18-19-22-25-32-50-42-40(48-30-23-20-14-11-8-5-2)33-37(34-41(42)49-31-24-21-15-12-9-6-3)43(47)45-38-28-26-36(35-44)27-29-39(38)46/h26-29,33-34H,4-25,30-32H2,1-3H3,(H,45,46,47). The Morgan fingerprint density at radius 3 is 1.42 bits per heavy atom. The normalized spacial score (nSPS) is 10.8. The van der Waals surface area contributed by atoms with Crippen molar-refractivity contribution in [2.75, 3.05) is 25.1 Å². The molecule has 0 aromatic heterocycles. The molecule has 0 spiro atoms. The fourth-order valence-electron chi connectivity index (χ4n) is 5.90. The van der Waals surface area contributed by atoms with Gasteiger partial charge in [-0.25, -0.2) is 0 Å². The van der Waals surface area contributed by atoms with Gasteiger partial charge in [-0.15, -0.1) is 0 Å². The number of nitriles is 1. The zero-order chi connectivity index (χ0) is 36.1. The minimum Gasteiger partial charge on any atom is -0.490 e. The van der Waals surface area contributed by atoms with Gasteiger partial charge in [-0.2, -0.15) is 5.26 Å². The third kappa shape index (κ3) is 18.5. The van der Waals surface area contributed by atoms with Crippen molar-refractivity contribution >= 4 is 11.6 Å². The maximum Gasteiger partial charge on any atom is 0.256 e. The summed E-state index contributed by atoms with van der Waals surface area (Å²) in [5.74, 6) is 1.07. The number of carbonyl (C=O) groups is 1. The molecule has 0 aliphatic carbocycles. The van der Waals surface area contributed by atoms with Gasteiger partial charge >= 0.3 is 0 Å². The molecule has 2 rings (SSSR count). The summed E-state index contributed by atoms with van der Waals surface area (Å²) in [4.78, 5) is 26.3. The number of nitrogens with zero attached hydrogens (tertiary/aromatic N) is 1. The third-order valence-electron chi connectivity index (χ3n) is 9.02. The lowest BCUT2D eigenvalue weighted by molar-refractivity contribution is 0.102. The highest BCUT2D eigenvalue weighted by Gasteiger charge is 2.20. The van der Waals surface area contributed by atoms with E-state index in [0.29, 0.717) is 48.2 Å². The predicted molar refractivity (Wildman–Crippen MR) is 207 cm³/mol. The fourth-order valence-corrected chi connectivity index (χ4v) is 5.90. The first-order valence-electron chi connectivity index (χ1n) is 20.0. The smallest absolute Gasteiger partial charge is 0.256 e. The molecule has 0 fully saturated rings. The van der Waals surface area contributed by atoms with Crippen molar-refractivity contribution < 1.29 is 19.0 Å². The highest BCUT2D eigenvalue weighted by atomic mass is 16.5. The van der Waals surface area contributed by atoms with Gasteiger partial charge in [-0.1, -0.05) is 143 Å². The zero-order valence-electron chi connectivity index (χ0n) is 31.6. The summed E-state index contributed by atoms with van der Waals surface area (Å²) in [6.07, 6.45) is 26.2. The SMILES string of the molecule is CCCCCCCCCCCCOc1c(OCCCCCCCC)cc(C(=O)Nc2ccc(C#N)ccc2=O)cc1OCCCCCCCC. The van der Waals surface area contributed by atoms with E-state index in [1.807, 2.05) is 6.07 Å². The number of rotatable bonds is 30. The molecule has 2 aromatic rings. The summed E-state index contributed by atoms with van der Waals surface area (Å²) < 4.78 is 19.1. The van der Waals surface area contributed by atoms with Crippen LogP contribution >= 0.6 is 0 Å². The van der Waals surface area contributed by atoms with Crippen molar-refractivity contribution in [3.8, 4) is 23.3 Å². The second-order valence-corrected chi connectivity index (χ2v) is 13.5. The van der Waals surface area contributed by atoms with Crippen LogP contribution in [0.4, 0.5) is 5.69 Å². The van der Waals surface area contributed by atoms with Crippen LogP contribution < -0.4 is 25.0 Å². The summed E-state index contributed by atoms with van der Waals surface area (Å²) >= 11 is 0. The molecule has 0 radical (unpaired) electrons. The van der Waals surface area contributed by atoms with E-state index >= 15 is 0 Å². The second kappa shape index (κ2) is 28.2. The van der Waals surface area contributed by atoms with Gasteiger partial charge in [0.15, 0.2) is 11.5 Å². The second-order valence-electron chi connectivity index (χ2n) is 13.5. The van der Waals surface area contributed by atoms with E-state index in [1.54, 1.807) is 12.1 Å². The summed E-state index contributed by atoms with van der Waals surface area (Å²) in [7, 11) is 0. The predicted octanol–water partition coefficient (Wildman–Crippen LogP) is 11.9. The number of unbranched alkanes of at least 4 members (excludes halogenated alkanes) is 19. The van der Waals surface area contributed by atoms with Crippen LogP contribution in [0.25, 0.3) is 0 Å². The topological polar surface area (TPSA) is 97.6 Å². The number of carbonyl (C=O) groups excluding carboxylic acids is 1. The number of anilines is 1. The van der Waals surface area contributed by atoms with Crippen molar-refractivity contribution in [3.05, 3.63) is 57.7 Å². The molecular formula is C43H66N2O5. The van der Waals surface area contributed by atoms with Crippen LogP contribution in [0, 0.1) is 11.3 Å². The molecule has 0 atom stereocenters. The van der Waals surface area contributed by atoms with E-state index in [4.69, 9.17) is 14.2 Å². The highest BCUT2D eigenvalue weighted by molar-refractivity contribution is 6.05. The van der Waals surface area contributed by atoms with Gasteiger partial charge in [-0.3, -0.25) is 9.59 Å². The Labute approximate surface area is 303 Å². The van der Waals surface area contributed by atoms with E-state index in [-0.39, 0.29) is 11.1 Å². The Morgan fingerprint density at radius 2 is 0.980 bits per heavy atom. The molecule has 50 heavy (non-hydrogen) atoms. The van der Waals surface area contributed by atoms with E-state index < -0.39 is 5.91 Å². The van der Waals surface area contributed by atoms with Gasteiger partial charge in [0, 0.05) is 5.56 Å². The van der Waals surface area contributed by atoms with Crippen molar-refractivity contribution in [2.45, 2.75) is 162 Å². The molecule has 7 nitrogen and oxygen atoms in total. The van der Waals surface area contributed by atoms with E-state index in [0.717, 1.165) is 38.5 Å². The molecule has 1 N–H and O–H groups in total. The molecule has 2 aromatic carbocycles. The molecule has 0 saturated heterocycles. The summed E-state index contributed by atoms with van der Waals surface area (Å²) in [5, 5.41) is 12.0. The summed E-state index contributed by atoms with van der Waals surface area (Å²) in [6, 6.07) is 11.2. The minimum absolute atomic E-state index is 0.0990. The molecule has 278 valence electrons. The van der Waals surface area contributed by atoms with Crippen LogP contribution in [0.1, 0.15) is 178 Å². The van der Waals surface area contributed by atoms with E-state index in [1.165, 1.54) is 127 Å². The monoisotopic (exact) mass is 690 g/mol. The third-order valence-corrected chi connectivity index (χ3v) is 9.02. The number of hydrogen-bond acceptors (Lipinski definition) is 6. The highest BCUT2D eigenvalue weighted by Crippen LogP contribution is 2.40. The van der Waals surface area contributed by atoms with Crippen molar-refractivity contribution in [2.24, 2.45) is 0 Å². The van der Waals surface area contributed by atoms with Crippen molar-refractivity contribution in [3.63, 3.8) is 0 Å². The van der Waals surface area contributed by atoms with Crippen molar-refractivity contribution in [1.82, 2.24) is 0 Å². The number of benzene rings is 1. The maximum absolute atomic E-state index is 13.6. The van der Waals surface area contributed by atoms with Gasteiger partial charge in [-0.05, 0) is 55.7 Å². The molecule has 0 heterocycles. The Hall–Kier alpha value is -3.53. The first-order valence-corrected chi connectivity index (χ1v) is 20.0. The number of hydrogen-bond donors (Lipinski definition) is 1. The van der Waals surface area contributed by atoms with Crippen LogP contribution in [0.2, 0.25) is 0 Å². The Bertz CT molecular complexity index is 1270. The lowest BCUT2D eigenvalue weighted by Crippen LogP contribution is -2.17. The zero-order valence-corrected chi connectivity index (χ0v) is 31.6. The quantitative estimate of drug-likeness (QED) is 0.0819. The Morgan fingerprint density at radius 1 is 0.580 bits per heavy atom. The van der Waals surface area contributed by atoms with Gasteiger partial charge < -0.3 is 19.5 Å². The van der Waals surface area contributed by atoms with Crippen LogP contribution in [-0.2, 0) is 0 Å². The van der Waals surface area contributed by atoms with Crippen molar-refractivity contribution in [1.29, 1.82) is 5.26 Å². The van der Waals surface area contributed by atoms with E-state index in [9.17, 15) is 14.9 Å². The average molecular weight is 691 g/mol. The minimum atomic E-state index is -0.457. The molecule has 0 aliphatic rings. The van der Waals surface area contributed by atoms with Gasteiger partial charge in [0.05, 0.1) is 37.1 Å². The maximum atomic E-state index is 13.6. The molecule has 1 amide bonds. The number of amides is 1. The van der Waals surface area contributed by atoms with Crippen LogP contribution in [0.5, 0.6) is 17.2 Å². The van der Waals surface area contributed by atoms with Gasteiger partial charge in [0.1, 0.15) is 0 Å². The first kappa shape index (κ1) is 42.6. The van der Waals surface area contributed by atoms with E-state index in [2.05, 4.69) is 26.1 Å². The molecule has 0 aliphatic heterocycles. The lowest BCUT2D eigenvalue weighted by atomic mass is 10.1. The lowest BCUT2D eigenvalue weighted by Gasteiger charge is -2.19. The van der Waals surface area contributed by atoms with Crippen LogP contribution in [0.15, 0.2) is 41.2 Å². The molecule has 7 heteroatoms.